The Bertz CT molecular complexity index is 668. The van der Waals surface area contributed by atoms with Gasteiger partial charge < -0.3 is 15.6 Å². The minimum absolute atomic E-state index is 0.0788. The SMILES string of the molecule is Cc1ncn(-c2ccc(NC(=O)C(C)(C)C(C)N)cc2)c1C. The van der Waals surface area contributed by atoms with Gasteiger partial charge >= 0.3 is 0 Å². The molecule has 0 spiro atoms. The molecule has 1 amide bonds. The highest BCUT2D eigenvalue weighted by Gasteiger charge is 2.31. The van der Waals surface area contributed by atoms with Gasteiger partial charge in [0.05, 0.1) is 17.4 Å². The molecular weight excluding hydrogens is 276 g/mol. The molecule has 0 saturated carbocycles. The highest BCUT2D eigenvalue weighted by atomic mass is 16.2. The van der Waals surface area contributed by atoms with Gasteiger partial charge in [-0.05, 0) is 58.9 Å². The van der Waals surface area contributed by atoms with Gasteiger partial charge in [-0.2, -0.15) is 0 Å². The second-order valence-corrected chi connectivity index (χ2v) is 6.30. The first-order valence-electron chi connectivity index (χ1n) is 7.41. The van der Waals surface area contributed by atoms with Crippen LogP contribution >= 0.6 is 0 Å². The van der Waals surface area contributed by atoms with Crippen molar-refractivity contribution in [2.75, 3.05) is 5.32 Å². The van der Waals surface area contributed by atoms with Crippen molar-refractivity contribution in [2.24, 2.45) is 11.1 Å². The molecule has 5 nitrogen and oxygen atoms in total. The third-order valence-corrected chi connectivity index (χ3v) is 4.38. The molecule has 0 radical (unpaired) electrons. The zero-order valence-electron chi connectivity index (χ0n) is 13.8. The van der Waals surface area contributed by atoms with Gasteiger partial charge in [-0.1, -0.05) is 0 Å². The number of carbonyl (C=O) groups excluding carboxylic acids is 1. The van der Waals surface area contributed by atoms with E-state index in [0.29, 0.717) is 0 Å². The zero-order valence-corrected chi connectivity index (χ0v) is 13.8. The van der Waals surface area contributed by atoms with Crippen molar-refractivity contribution in [1.82, 2.24) is 9.55 Å². The third kappa shape index (κ3) is 3.04. The van der Waals surface area contributed by atoms with E-state index < -0.39 is 5.41 Å². The van der Waals surface area contributed by atoms with E-state index in [-0.39, 0.29) is 11.9 Å². The van der Waals surface area contributed by atoms with Gasteiger partial charge in [0.25, 0.3) is 0 Å². The number of amides is 1. The van der Waals surface area contributed by atoms with Crippen LogP contribution in [0.1, 0.15) is 32.2 Å². The molecule has 3 N–H and O–H groups in total. The number of anilines is 1. The van der Waals surface area contributed by atoms with E-state index in [9.17, 15) is 4.79 Å². The molecule has 1 aromatic heterocycles. The summed E-state index contributed by atoms with van der Waals surface area (Å²) in [5.41, 5.74) is 9.15. The van der Waals surface area contributed by atoms with Crippen molar-refractivity contribution in [3.05, 3.63) is 42.0 Å². The van der Waals surface area contributed by atoms with E-state index in [2.05, 4.69) is 10.3 Å². The lowest BCUT2D eigenvalue weighted by Crippen LogP contribution is -2.44. The number of hydrogen-bond donors (Lipinski definition) is 2. The molecule has 2 aromatic rings. The average molecular weight is 300 g/mol. The molecule has 1 unspecified atom stereocenters. The maximum absolute atomic E-state index is 12.3. The van der Waals surface area contributed by atoms with Crippen LogP contribution in [-0.4, -0.2) is 21.5 Å². The predicted molar refractivity (Wildman–Crippen MR) is 89.1 cm³/mol. The van der Waals surface area contributed by atoms with Crippen LogP contribution in [0, 0.1) is 19.3 Å². The minimum atomic E-state index is -0.614. The summed E-state index contributed by atoms with van der Waals surface area (Å²) < 4.78 is 2.02. The van der Waals surface area contributed by atoms with Crippen molar-refractivity contribution < 1.29 is 4.79 Å². The largest absolute Gasteiger partial charge is 0.327 e. The predicted octanol–water partition coefficient (Wildman–Crippen LogP) is 2.80. The van der Waals surface area contributed by atoms with Crippen LogP contribution in [0.3, 0.4) is 0 Å². The van der Waals surface area contributed by atoms with E-state index in [1.54, 1.807) is 6.33 Å². The minimum Gasteiger partial charge on any atom is -0.327 e. The zero-order chi connectivity index (χ0) is 16.5. The third-order valence-electron chi connectivity index (χ3n) is 4.38. The molecule has 0 bridgehead atoms. The fourth-order valence-corrected chi connectivity index (χ4v) is 1.96. The fourth-order valence-electron chi connectivity index (χ4n) is 1.96. The Kier molecular flexibility index (Phi) is 4.37. The van der Waals surface area contributed by atoms with Crippen LogP contribution in [0.5, 0.6) is 0 Å². The number of nitrogens with two attached hydrogens (primary N) is 1. The summed E-state index contributed by atoms with van der Waals surface area (Å²) in [6, 6.07) is 7.48. The first-order valence-corrected chi connectivity index (χ1v) is 7.41. The lowest BCUT2D eigenvalue weighted by Gasteiger charge is -2.27. The van der Waals surface area contributed by atoms with Gasteiger partial charge in [-0.25, -0.2) is 4.98 Å². The maximum atomic E-state index is 12.3. The number of aryl methyl sites for hydroxylation is 1. The lowest BCUT2D eigenvalue weighted by molar-refractivity contribution is -0.124. The smallest absolute Gasteiger partial charge is 0.231 e. The molecule has 0 saturated heterocycles. The second-order valence-electron chi connectivity index (χ2n) is 6.30. The van der Waals surface area contributed by atoms with Crippen molar-refractivity contribution >= 4 is 11.6 Å². The average Bonchev–Trinajstić information content (AvgIpc) is 2.79. The Morgan fingerprint density at radius 1 is 1.27 bits per heavy atom. The molecule has 22 heavy (non-hydrogen) atoms. The molecule has 2 rings (SSSR count). The highest BCUT2D eigenvalue weighted by Crippen LogP contribution is 2.23. The standard InChI is InChI=1S/C17H24N4O/c1-11-12(2)21(10-19-11)15-8-6-14(7-9-15)20-16(22)17(4,5)13(3)18/h6-10,13H,18H2,1-5H3,(H,20,22). The number of aromatic nitrogens is 2. The summed E-state index contributed by atoms with van der Waals surface area (Å²) in [4.78, 5) is 16.6. The molecule has 0 aliphatic rings. The van der Waals surface area contributed by atoms with Gasteiger partial charge in [-0.3, -0.25) is 4.79 Å². The summed E-state index contributed by atoms with van der Waals surface area (Å²) in [5, 5.41) is 2.92. The Hall–Kier alpha value is -2.14. The molecule has 1 atom stereocenters. The van der Waals surface area contributed by atoms with Gasteiger partial charge in [0.2, 0.25) is 5.91 Å². The van der Waals surface area contributed by atoms with E-state index >= 15 is 0 Å². The monoisotopic (exact) mass is 300 g/mol. The molecular formula is C17H24N4O. The van der Waals surface area contributed by atoms with Crippen LogP contribution in [0.25, 0.3) is 5.69 Å². The number of imidazole rings is 1. The highest BCUT2D eigenvalue weighted by molar-refractivity contribution is 5.95. The number of benzene rings is 1. The van der Waals surface area contributed by atoms with Crippen LogP contribution in [0.2, 0.25) is 0 Å². The van der Waals surface area contributed by atoms with Gasteiger partial charge in [0.15, 0.2) is 0 Å². The van der Waals surface area contributed by atoms with Crippen molar-refractivity contribution in [3.8, 4) is 5.69 Å². The van der Waals surface area contributed by atoms with E-state index in [1.165, 1.54) is 0 Å². The quantitative estimate of drug-likeness (QED) is 0.912. The second kappa shape index (κ2) is 5.93. The van der Waals surface area contributed by atoms with Gasteiger partial charge in [-0.15, -0.1) is 0 Å². The summed E-state index contributed by atoms with van der Waals surface area (Å²) in [6.45, 7) is 9.55. The van der Waals surface area contributed by atoms with Crippen molar-refractivity contribution in [1.29, 1.82) is 0 Å². The topological polar surface area (TPSA) is 72.9 Å². The molecule has 0 aliphatic carbocycles. The molecule has 118 valence electrons. The number of hydrogen-bond acceptors (Lipinski definition) is 3. The summed E-state index contributed by atoms with van der Waals surface area (Å²) in [5.74, 6) is -0.0788. The van der Waals surface area contributed by atoms with Crippen molar-refractivity contribution in [3.63, 3.8) is 0 Å². The first kappa shape index (κ1) is 16.2. The lowest BCUT2D eigenvalue weighted by atomic mass is 9.85. The maximum Gasteiger partial charge on any atom is 0.231 e. The van der Waals surface area contributed by atoms with Crippen LogP contribution < -0.4 is 11.1 Å². The van der Waals surface area contributed by atoms with Gasteiger partial charge in [0.1, 0.15) is 0 Å². The number of rotatable bonds is 4. The Morgan fingerprint density at radius 2 is 1.86 bits per heavy atom. The van der Waals surface area contributed by atoms with E-state index in [0.717, 1.165) is 22.8 Å². The Balaban J connectivity index is 2.16. The van der Waals surface area contributed by atoms with Gasteiger partial charge in [0, 0.05) is 23.1 Å². The van der Waals surface area contributed by atoms with E-state index in [4.69, 9.17) is 5.73 Å². The summed E-state index contributed by atoms with van der Waals surface area (Å²) in [7, 11) is 0. The van der Waals surface area contributed by atoms with Crippen molar-refractivity contribution in [2.45, 2.75) is 40.7 Å². The Labute approximate surface area is 131 Å². The summed E-state index contributed by atoms with van der Waals surface area (Å²) >= 11 is 0. The molecule has 1 heterocycles. The number of carbonyl (C=O) groups is 1. The van der Waals surface area contributed by atoms with Crippen LogP contribution in [-0.2, 0) is 4.79 Å². The molecule has 0 fully saturated rings. The van der Waals surface area contributed by atoms with E-state index in [1.807, 2.05) is 63.5 Å². The normalized spacial score (nSPS) is 13.0. The number of nitrogens with one attached hydrogen (secondary N) is 1. The van der Waals surface area contributed by atoms with Crippen LogP contribution in [0.15, 0.2) is 30.6 Å². The molecule has 1 aromatic carbocycles. The summed E-state index contributed by atoms with van der Waals surface area (Å²) in [6.07, 6.45) is 1.80. The van der Waals surface area contributed by atoms with Crippen LogP contribution in [0.4, 0.5) is 5.69 Å². The molecule has 5 heteroatoms. The Morgan fingerprint density at radius 3 is 2.32 bits per heavy atom. The first-order chi connectivity index (χ1) is 10.2. The molecule has 0 aliphatic heterocycles. The fraction of sp³-hybridized carbons (Fsp3) is 0.412. The number of nitrogens with zero attached hydrogens (tertiary/aromatic N) is 2.